The molecule has 0 spiro atoms. The van der Waals surface area contributed by atoms with Crippen LogP contribution in [0.1, 0.15) is 23.0 Å². The van der Waals surface area contributed by atoms with Gasteiger partial charge < -0.3 is 4.57 Å². The van der Waals surface area contributed by atoms with Gasteiger partial charge in [0.2, 0.25) is 0 Å². The van der Waals surface area contributed by atoms with Crippen LogP contribution in [0.25, 0.3) is 0 Å². The monoisotopic (exact) mass is 230 g/mol. The summed E-state index contributed by atoms with van der Waals surface area (Å²) in [4.78, 5) is 4.33. The zero-order chi connectivity index (χ0) is 12.3. The zero-order valence-electron chi connectivity index (χ0n) is 10.2. The molecule has 1 aromatic heterocycles. The minimum absolute atomic E-state index is 0.0387. The van der Waals surface area contributed by atoms with E-state index in [9.17, 15) is 0 Å². The molecule has 0 saturated carbocycles. The van der Waals surface area contributed by atoms with Gasteiger partial charge >= 0.3 is 0 Å². The molecule has 0 amide bonds. The molecule has 0 saturated heterocycles. The number of rotatable bonds is 4. The van der Waals surface area contributed by atoms with Gasteiger partial charge in [-0.15, -0.1) is 0 Å². The average molecular weight is 230 g/mol. The van der Waals surface area contributed by atoms with Crippen molar-refractivity contribution in [2.45, 2.75) is 19.4 Å². The lowest BCUT2D eigenvalue weighted by molar-refractivity contribution is 0.507. The fourth-order valence-corrected chi connectivity index (χ4v) is 2.01. The summed E-state index contributed by atoms with van der Waals surface area (Å²) in [5.41, 5.74) is 5.35. The lowest BCUT2D eigenvalue weighted by atomic mass is 10.0. The van der Waals surface area contributed by atoms with Gasteiger partial charge in [0.05, 0.1) is 6.04 Å². The van der Waals surface area contributed by atoms with Crippen LogP contribution in [-0.4, -0.2) is 9.55 Å². The molecule has 0 bridgehead atoms. The van der Waals surface area contributed by atoms with Gasteiger partial charge in [-0.2, -0.15) is 0 Å². The van der Waals surface area contributed by atoms with Crippen molar-refractivity contribution in [3.63, 3.8) is 0 Å². The van der Waals surface area contributed by atoms with E-state index in [-0.39, 0.29) is 6.04 Å². The van der Waals surface area contributed by atoms with Gasteiger partial charge in [-0.3, -0.25) is 5.84 Å². The van der Waals surface area contributed by atoms with Crippen LogP contribution in [0, 0.1) is 6.92 Å². The third kappa shape index (κ3) is 2.72. The molecule has 4 nitrogen and oxygen atoms in total. The third-order valence-corrected chi connectivity index (χ3v) is 2.89. The highest BCUT2D eigenvalue weighted by molar-refractivity contribution is 5.23. The van der Waals surface area contributed by atoms with E-state index >= 15 is 0 Å². The zero-order valence-corrected chi connectivity index (χ0v) is 10.2. The smallest absolute Gasteiger partial charge is 0.127 e. The molecule has 17 heavy (non-hydrogen) atoms. The molecule has 2 aromatic rings. The molecule has 90 valence electrons. The minimum Gasteiger partial charge on any atom is -0.337 e. The van der Waals surface area contributed by atoms with Gasteiger partial charge in [0.25, 0.3) is 0 Å². The normalized spacial score (nSPS) is 12.6. The van der Waals surface area contributed by atoms with E-state index in [4.69, 9.17) is 5.84 Å². The summed E-state index contributed by atoms with van der Waals surface area (Å²) >= 11 is 0. The largest absolute Gasteiger partial charge is 0.337 e. The van der Waals surface area contributed by atoms with E-state index < -0.39 is 0 Å². The molecule has 4 heteroatoms. The first-order valence-corrected chi connectivity index (χ1v) is 5.69. The Hall–Kier alpha value is -1.65. The maximum absolute atomic E-state index is 5.62. The van der Waals surface area contributed by atoms with Crippen molar-refractivity contribution in [2.75, 3.05) is 0 Å². The second-order valence-electron chi connectivity index (χ2n) is 4.31. The highest BCUT2D eigenvalue weighted by atomic mass is 15.3. The minimum atomic E-state index is 0.0387. The Labute approximate surface area is 101 Å². The van der Waals surface area contributed by atoms with Crippen molar-refractivity contribution in [2.24, 2.45) is 12.9 Å². The van der Waals surface area contributed by atoms with Crippen LogP contribution in [0.4, 0.5) is 0 Å². The molecule has 1 atom stereocenters. The molecular formula is C13H18N4. The van der Waals surface area contributed by atoms with E-state index in [1.54, 1.807) is 6.20 Å². The number of nitrogens with two attached hydrogens (primary N) is 1. The number of aryl methyl sites for hydroxylation is 2. The molecule has 1 heterocycles. The second kappa shape index (κ2) is 5.12. The number of hydrogen-bond donors (Lipinski definition) is 2. The first-order chi connectivity index (χ1) is 8.20. The number of hydrogen-bond acceptors (Lipinski definition) is 3. The Morgan fingerprint density at radius 3 is 2.88 bits per heavy atom. The standard InChI is InChI=1S/C13H18N4/c1-10-4-3-5-11(8-10)9-12(16-14)13-15-6-7-17(13)2/h3-8,12,16H,9,14H2,1-2H3. The Morgan fingerprint density at radius 2 is 2.29 bits per heavy atom. The number of hydrazine groups is 1. The van der Waals surface area contributed by atoms with E-state index in [2.05, 4.69) is 41.6 Å². The second-order valence-corrected chi connectivity index (χ2v) is 4.31. The number of aromatic nitrogens is 2. The molecule has 0 aliphatic rings. The van der Waals surface area contributed by atoms with Crippen LogP contribution in [0.15, 0.2) is 36.7 Å². The molecular weight excluding hydrogens is 212 g/mol. The summed E-state index contributed by atoms with van der Waals surface area (Å²) in [5.74, 6) is 6.57. The van der Waals surface area contributed by atoms with Crippen molar-refractivity contribution in [3.8, 4) is 0 Å². The summed E-state index contributed by atoms with van der Waals surface area (Å²) in [5, 5.41) is 0. The van der Waals surface area contributed by atoms with E-state index in [1.807, 2.05) is 17.8 Å². The first-order valence-electron chi connectivity index (χ1n) is 5.69. The van der Waals surface area contributed by atoms with Crippen LogP contribution < -0.4 is 11.3 Å². The Bertz CT molecular complexity index is 490. The number of nitrogens with zero attached hydrogens (tertiary/aromatic N) is 2. The average Bonchev–Trinajstić information content (AvgIpc) is 2.72. The summed E-state index contributed by atoms with van der Waals surface area (Å²) in [6.07, 6.45) is 4.55. The summed E-state index contributed by atoms with van der Waals surface area (Å²) in [6.45, 7) is 2.09. The summed E-state index contributed by atoms with van der Waals surface area (Å²) in [7, 11) is 1.98. The van der Waals surface area contributed by atoms with E-state index in [1.165, 1.54) is 11.1 Å². The van der Waals surface area contributed by atoms with Gasteiger partial charge in [0, 0.05) is 19.4 Å². The quantitative estimate of drug-likeness (QED) is 0.618. The van der Waals surface area contributed by atoms with Crippen LogP contribution >= 0.6 is 0 Å². The van der Waals surface area contributed by atoms with Gasteiger partial charge in [0.1, 0.15) is 5.82 Å². The molecule has 0 aliphatic carbocycles. The third-order valence-electron chi connectivity index (χ3n) is 2.89. The number of imidazole rings is 1. The van der Waals surface area contributed by atoms with Gasteiger partial charge in [0.15, 0.2) is 0 Å². The lowest BCUT2D eigenvalue weighted by Crippen LogP contribution is -2.31. The van der Waals surface area contributed by atoms with E-state index in [0.717, 1.165) is 12.2 Å². The highest BCUT2D eigenvalue weighted by Crippen LogP contribution is 2.16. The van der Waals surface area contributed by atoms with E-state index in [0.29, 0.717) is 0 Å². The van der Waals surface area contributed by atoms with Crippen molar-refractivity contribution in [1.29, 1.82) is 0 Å². The summed E-state index contributed by atoms with van der Waals surface area (Å²) in [6, 6.07) is 8.48. The topological polar surface area (TPSA) is 55.9 Å². The maximum atomic E-state index is 5.62. The lowest BCUT2D eigenvalue weighted by Gasteiger charge is -2.16. The van der Waals surface area contributed by atoms with Crippen LogP contribution in [-0.2, 0) is 13.5 Å². The highest BCUT2D eigenvalue weighted by Gasteiger charge is 2.14. The van der Waals surface area contributed by atoms with Crippen LogP contribution in [0.5, 0.6) is 0 Å². The SMILES string of the molecule is Cc1cccc(CC(NN)c2nccn2C)c1. The predicted molar refractivity (Wildman–Crippen MR) is 68.2 cm³/mol. The molecule has 0 aliphatic heterocycles. The van der Waals surface area contributed by atoms with Gasteiger partial charge in [-0.25, -0.2) is 10.4 Å². The van der Waals surface area contributed by atoms with Gasteiger partial charge in [-0.1, -0.05) is 29.8 Å². The molecule has 0 fully saturated rings. The number of nitrogens with one attached hydrogen (secondary N) is 1. The maximum Gasteiger partial charge on any atom is 0.127 e. The fraction of sp³-hybridized carbons (Fsp3) is 0.308. The van der Waals surface area contributed by atoms with Crippen molar-refractivity contribution < 1.29 is 0 Å². The van der Waals surface area contributed by atoms with Crippen molar-refractivity contribution in [3.05, 3.63) is 53.6 Å². The molecule has 2 rings (SSSR count). The Morgan fingerprint density at radius 1 is 1.47 bits per heavy atom. The molecule has 1 aromatic carbocycles. The van der Waals surface area contributed by atoms with Gasteiger partial charge in [-0.05, 0) is 18.9 Å². The fourth-order valence-electron chi connectivity index (χ4n) is 2.01. The van der Waals surface area contributed by atoms with Crippen molar-refractivity contribution in [1.82, 2.24) is 15.0 Å². The number of benzene rings is 1. The molecule has 3 N–H and O–H groups in total. The molecule has 1 unspecified atom stereocenters. The first kappa shape index (κ1) is 11.8. The van der Waals surface area contributed by atoms with Crippen LogP contribution in [0.3, 0.4) is 0 Å². The Kier molecular flexibility index (Phi) is 3.56. The van der Waals surface area contributed by atoms with Crippen molar-refractivity contribution >= 4 is 0 Å². The van der Waals surface area contributed by atoms with Crippen LogP contribution in [0.2, 0.25) is 0 Å². The molecule has 0 radical (unpaired) electrons. The Balaban J connectivity index is 2.19. The predicted octanol–water partition coefficient (Wildman–Crippen LogP) is 1.48. The summed E-state index contributed by atoms with van der Waals surface area (Å²) < 4.78 is 1.99.